The largest absolute Gasteiger partial charge is 0.396 e. The normalized spacial score (nSPS) is 17.2. The number of anilines is 1. The number of carbonyl (C=O) groups is 2. The van der Waals surface area contributed by atoms with E-state index in [-0.39, 0.29) is 24.6 Å². The van der Waals surface area contributed by atoms with E-state index in [1.165, 1.54) is 10.9 Å². The Labute approximate surface area is 187 Å². The molecular formula is C25H28N4O3. The van der Waals surface area contributed by atoms with Gasteiger partial charge in [-0.25, -0.2) is 0 Å². The Hall–Kier alpha value is -3.32. The lowest BCUT2D eigenvalue weighted by atomic mass is 9.96. The molecule has 3 aromatic rings. The molecule has 2 amide bonds. The first kappa shape index (κ1) is 20.6. The van der Waals surface area contributed by atoms with Crippen molar-refractivity contribution in [3.63, 3.8) is 0 Å². The molecule has 0 saturated heterocycles. The third kappa shape index (κ3) is 3.24. The molecule has 1 aromatic heterocycles. The van der Waals surface area contributed by atoms with Gasteiger partial charge >= 0.3 is 0 Å². The van der Waals surface area contributed by atoms with E-state index >= 15 is 0 Å². The molecule has 166 valence electrons. The number of nitrogens with zero attached hydrogens (tertiary/aromatic N) is 3. The molecule has 0 fully saturated rings. The number of fused-ring (bicyclic) bond motifs is 6. The average molecular weight is 433 g/mol. The molecule has 0 bridgehead atoms. The van der Waals surface area contributed by atoms with Crippen molar-refractivity contribution >= 4 is 28.4 Å². The Bertz CT molecular complexity index is 1190. The van der Waals surface area contributed by atoms with E-state index in [1.54, 1.807) is 0 Å². The fraction of sp³-hybridized carbons (Fsp3) is 0.360. The summed E-state index contributed by atoms with van der Waals surface area (Å²) in [6.07, 6.45) is 1.49. The molecule has 0 aliphatic carbocycles. The van der Waals surface area contributed by atoms with Crippen LogP contribution in [0.15, 0.2) is 48.5 Å². The lowest BCUT2D eigenvalue weighted by Gasteiger charge is -2.46. The van der Waals surface area contributed by atoms with E-state index in [1.807, 2.05) is 48.3 Å². The van der Waals surface area contributed by atoms with E-state index in [4.69, 9.17) is 5.11 Å². The summed E-state index contributed by atoms with van der Waals surface area (Å²) in [5.74, 6) is 0.0315. The summed E-state index contributed by atoms with van der Waals surface area (Å²) in [4.78, 5) is 29.9. The van der Waals surface area contributed by atoms with Crippen molar-refractivity contribution in [2.75, 3.05) is 31.6 Å². The number of nitrogens with one attached hydrogen (secondary N) is 1. The zero-order valence-electron chi connectivity index (χ0n) is 18.3. The summed E-state index contributed by atoms with van der Waals surface area (Å²) in [6.45, 7) is 1.75. The maximum Gasteiger partial charge on any atom is 0.257 e. The van der Waals surface area contributed by atoms with E-state index < -0.39 is 0 Å². The Morgan fingerprint density at radius 1 is 1.16 bits per heavy atom. The van der Waals surface area contributed by atoms with Crippen LogP contribution in [0, 0.1) is 0 Å². The number of aliphatic hydroxyl groups is 1. The van der Waals surface area contributed by atoms with E-state index in [0.29, 0.717) is 32.5 Å². The fourth-order valence-electron chi connectivity index (χ4n) is 5.16. The van der Waals surface area contributed by atoms with Crippen LogP contribution in [0.4, 0.5) is 5.69 Å². The van der Waals surface area contributed by atoms with Crippen LogP contribution >= 0.6 is 0 Å². The van der Waals surface area contributed by atoms with Gasteiger partial charge in [-0.15, -0.1) is 0 Å². The van der Waals surface area contributed by atoms with Crippen molar-refractivity contribution in [2.24, 2.45) is 0 Å². The van der Waals surface area contributed by atoms with Gasteiger partial charge in [0.15, 0.2) is 0 Å². The highest BCUT2D eigenvalue weighted by Gasteiger charge is 2.42. The first-order valence-electron chi connectivity index (χ1n) is 11.2. The molecule has 5 rings (SSSR count). The second kappa shape index (κ2) is 8.31. The number of hydrogen-bond donors (Lipinski definition) is 2. The van der Waals surface area contributed by atoms with Crippen molar-refractivity contribution < 1.29 is 14.7 Å². The van der Waals surface area contributed by atoms with Crippen LogP contribution in [-0.2, 0) is 17.8 Å². The molecule has 7 heteroatoms. The lowest BCUT2D eigenvalue weighted by molar-refractivity contribution is -0.121. The molecule has 7 nitrogen and oxygen atoms in total. The standard InChI is InChI=1S/C25H28N4O3/c1-27-20-9-4-3-8-19(20)25(32)29-14-11-18-17-7-2-5-10-21(17)28(23(18)24(27)29)15-12-22(31)26-13-6-16-30/h2-5,7-10,24,30H,6,11-16H2,1H3,(H,26,31). The highest BCUT2D eigenvalue weighted by Crippen LogP contribution is 2.44. The smallest absolute Gasteiger partial charge is 0.257 e. The Kier molecular flexibility index (Phi) is 5.35. The number of rotatable bonds is 6. The Balaban J connectivity index is 1.56. The zero-order valence-corrected chi connectivity index (χ0v) is 18.3. The molecule has 2 N–H and O–H groups in total. The molecule has 1 unspecified atom stereocenters. The van der Waals surface area contributed by atoms with Crippen molar-refractivity contribution in [1.82, 2.24) is 14.8 Å². The van der Waals surface area contributed by atoms with Crippen molar-refractivity contribution in [1.29, 1.82) is 0 Å². The molecule has 0 saturated carbocycles. The van der Waals surface area contributed by atoms with E-state index in [9.17, 15) is 9.59 Å². The summed E-state index contributed by atoms with van der Waals surface area (Å²) in [5, 5.41) is 13.0. The van der Waals surface area contributed by atoms with Gasteiger partial charge in [0, 0.05) is 50.6 Å². The van der Waals surface area contributed by atoms with Gasteiger partial charge in [0.25, 0.3) is 5.91 Å². The van der Waals surface area contributed by atoms with Crippen LogP contribution in [0.3, 0.4) is 0 Å². The summed E-state index contributed by atoms with van der Waals surface area (Å²) >= 11 is 0. The minimum absolute atomic E-state index is 0.0314. The number of amides is 2. The van der Waals surface area contributed by atoms with Gasteiger partial charge in [0.05, 0.1) is 16.9 Å². The molecule has 2 aliphatic rings. The molecule has 2 aromatic carbocycles. The molecule has 32 heavy (non-hydrogen) atoms. The van der Waals surface area contributed by atoms with Crippen molar-refractivity contribution in [3.8, 4) is 0 Å². The summed E-state index contributed by atoms with van der Waals surface area (Å²) in [6, 6.07) is 16.1. The fourth-order valence-corrected chi connectivity index (χ4v) is 5.16. The minimum Gasteiger partial charge on any atom is -0.396 e. The molecule has 1 atom stereocenters. The van der Waals surface area contributed by atoms with Crippen LogP contribution in [0.2, 0.25) is 0 Å². The minimum atomic E-state index is -0.203. The van der Waals surface area contributed by atoms with Crippen LogP contribution in [0.1, 0.15) is 40.6 Å². The third-order valence-electron chi connectivity index (χ3n) is 6.62. The monoisotopic (exact) mass is 432 g/mol. The number of aromatic nitrogens is 1. The molecule has 0 spiro atoms. The third-order valence-corrected chi connectivity index (χ3v) is 6.62. The number of hydrogen-bond acceptors (Lipinski definition) is 4. The number of carbonyl (C=O) groups excluding carboxylic acids is 2. The summed E-state index contributed by atoms with van der Waals surface area (Å²) in [5.41, 5.74) is 5.14. The van der Waals surface area contributed by atoms with Crippen LogP contribution in [-0.4, -0.2) is 53.1 Å². The van der Waals surface area contributed by atoms with Crippen molar-refractivity contribution in [3.05, 3.63) is 65.4 Å². The maximum atomic E-state index is 13.4. The highest BCUT2D eigenvalue weighted by molar-refractivity contribution is 6.02. The number of aliphatic hydroxyl groups excluding tert-OH is 1. The van der Waals surface area contributed by atoms with Gasteiger partial charge in [0.1, 0.15) is 6.17 Å². The van der Waals surface area contributed by atoms with Crippen LogP contribution in [0.5, 0.6) is 0 Å². The average Bonchev–Trinajstić information content (AvgIpc) is 3.14. The maximum absolute atomic E-state index is 13.4. The quantitative estimate of drug-likeness (QED) is 0.587. The second-order valence-corrected chi connectivity index (χ2v) is 8.46. The topological polar surface area (TPSA) is 77.8 Å². The Morgan fingerprint density at radius 2 is 1.94 bits per heavy atom. The van der Waals surface area contributed by atoms with Gasteiger partial charge < -0.3 is 24.8 Å². The van der Waals surface area contributed by atoms with Gasteiger partial charge in [0.2, 0.25) is 5.91 Å². The van der Waals surface area contributed by atoms with Gasteiger partial charge in [-0.2, -0.15) is 0 Å². The number of aryl methyl sites for hydroxylation is 1. The molecule has 3 heterocycles. The van der Waals surface area contributed by atoms with E-state index in [0.717, 1.165) is 28.9 Å². The van der Waals surface area contributed by atoms with Crippen LogP contribution in [0.25, 0.3) is 10.9 Å². The first-order chi connectivity index (χ1) is 15.6. The molecular weight excluding hydrogens is 404 g/mol. The number of benzene rings is 2. The van der Waals surface area contributed by atoms with Crippen LogP contribution < -0.4 is 10.2 Å². The summed E-state index contributed by atoms with van der Waals surface area (Å²) in [7, 11) is 2.04. The number of para-hydroxylation sites is 2. The molecule has 2 aliphatic heterocycles. The first-order valence-corrected chi connectivity index (χ1v) is 11.2. The van der Waals surface area contributed by atoms with Gasteiger partial charge in [-0.1, -0.05) is 30.3 Å². The summed E-state index contributed by atoms with van der Waals surface area (Å²) < 4.78 is 2.23. The SMILES string of the molecule is CN1c2ccccc2C(=O)N2CCc3c(n(CCC(=O)NCCCO)c4ccccc34)C21. The van der Waals surface area contributed by atoms with Crippen molar-refractivity contribution in [2.45, 2.75) is 32.0 Å². The highest BCUT2D eigenvalue weighted by atomic mass is 16.3. The molecule has 0 radical (unpaired) electrons. The predicted molar refractivity (Wildman–Crippen MR) is 124 cm³/mol. The second-order valence-electron chi connectivity index (χ2n) is 8.46. The van der Waals surface area contributed by atoms with E-state index in [2.05, 4.69) is 26.9 Å². The zero-order chi connectivity index (χ0) is 22.2. The van der Waals surface area contributed by atoms with Gasteiger partial charge in [-0.05, 0) is 36.6 Å². The van der Waals surface area contributed by atoms with Gasteiger partial charge in [-0.3, -0.25) is 9.59 Å². The lowest BCUT2D eigenvalue weighted by Crippen LogP contribution is -2.51. The predicted octanol–water partition coefficient (Wildman–Crippen LogP) is 2.68. The Morgan fingerprint density at radius 3 is 2.78 bits per heavy atom.